The third-order valence-electron chi connectivity index (χ3n) is 4.44. The number of benzene rings is 1. The van der Waals surface area contributed by atoms with Crippen LogP contribution in [0.5, 0.6) is 0 Å². The molecule has 1 fully saturated rings. The molecule has 2 aromatic rings. The van der Waals surface area contributed by atoms with E-state index < -0.39 is 5.97 Å². The minimum Gasteiger partial charge on any atom is -0.462 e. The summed E-state index contributed by atoms with van der Waals surface area (Å²) in [5, 5.41) is 0.852. The summed E-state index contributed by atoms with van der Waals surface area (Å²) in [6.45, 7) is 3.31. The third kappa shape index (κ3) is 3.61. The van der Waals surface area contributed by atoms with Gasteiger partial charge in [-0.05, 0) is 38.0 Å². The number of carbonyl (C=O) groups is 2. The van der Waals surface area contributed by atoms with Gasteiger partial charge in [0.05, 0.1) is 23.7 Å². The van der Waals surface area contributed by atoms with Crippen LogP contribution in [0, 0.1) is 5.92 Å². The molecule has 1 aromatic heterocycles. The van der Waals surface area contributed by atoms with Crippen LogP contribution in [-0.4, -0.2) is 36.6 Å². The second-order valence-electron chi connectivity index (χ2n) is 6.09. The molecule has 1 unspecified atom stereocenters. The van der Waals surface area contributed by atoms with Crippen molar-refractivity contribution in [2.45, 2.75) is 19.8 Å². The summed E-state index contributed by atoms with van der Waals surface area (Å²) >= 11 is 3.48. The van der Waals surface area contributed by atoms with E-state index in [4.69, 9.17) is 10.5 Å². The van der Waals surface area contributed by atoms with Crippen molar-refractivity contribution in [2.24, 2.45) is 11.7 Å². The second-order valence-corrected chi connectivity index (χ2v) is 7.01. The molecule has 1 atom stereocenters. The van der Waals surface area contributed by atoms with Crippen LogP contribution in [0.15, 0.2) is 28.9 Å². The first kappa shape index (κ1) is 17.7. The average Bonchev–Trinajstić information content (AvgIpc) is 2.60. The van der Waals surface area contributed by atoms with Crippen molar-refractivity contribution >= 4 is 44.4 Å². The van der Waals surface area contributed by atoms with Crippen molar-refractivity contribution in [1.29, 1.82) is 0 Å². The van der Waals surface area contributed by atoms with Crippen LogP contribution in [-0.2, 0) is 9.53 Å². The minimum absolute atomic E-state index is 0.223. The van der Waals surface area contributed by atoms with Gasteiger partial charge in [0.15, 0.2) is 0 Å². The van der Waals surface area contributed by atoms with Gasteiger partial charge >= 0.3 is 5.97 Å². The lowest BCUT2D eigenvalue weighted by molar-refractivity contribution is -0.122. The number of nitrogens with two attached hydrogens (primary N) is 1. The number of amides is 1. The van der Waals surface area contributed by atoms with E-state index in [1.165, 1.54) is 0 Å². The zero-order valence-electron chi connectivity index (χ0n) is 14.0. The molecule has 0 aliphatic carbocycles. The second kappa shape index (κ2) is 7.39. The number of rotatable bonds is 4. The average molecular weight is 406 g/mol. The van der Waals surface area contributed by atoms with Crippen LogP contribution in [0.1, 0.15) is 30.1 Å². The SMILES string of the molecule is CCOC(=O)c1cnc2ccc(Br)cc2c1N1CCCC(C(N)=O)C1. The summed E-state index contributed by atoms with van der Waals surface area (Å²) in [4.78, 5) is 30.6. The summed E-state index contributed by atoms with van der Waals surface area (Å²) in [6.07, 6.45) is 3.17. The molecule has 1 amide bonds. The first-order chi connectivity index (χ1) is 12.0. The van der Waals surface area contributed by atoms with Gasteiger partial charge in [-0.15, -0.1) is 0 Å². The summed E-state index contributed by atoms with van der Waals surface area (Å²) < 4.78 is 6.10. The molecule has 1 saturated heterocycles. The standard InChI is InChI=1S/C18H20BrN3O3/c1-2-25-18(24)14-9-21-15-6-5-12(19)8-13(15)16(14)22-7-3-4-11(10-22)17(20)23/h5-6,8-9,11H,2-4,7,10H2,1H3,(H2,20,23). The lowest BCUT2D eigenvalue weighted by Gasteiger charge is -2.34. The highest BCUT2D eigenvalue weighted by Crippen LogP contribution is 2.34. The molecular formula is C18H20BrN3O3. The number of primary amides is 1. The molecule has 0 spiro atoms. The van der Waals surface area contributed by atoms with E-state index in [0.717, 1.165) is 40.4 Å². The van der Waals surface area contributed by atoms with Crippen LogP contribution in [0.2, 0.25) is 0 Å². The number of pyridine rings is 1. The van der Waals surface area contributed by atoms with Crippen LogP contribution in [0.3, 0.4) is 0 Å². The summed E-state index contributed by atoms with van der Waals surface area (Å²) in [6, 6.07) is 5.74. The van der Waals surface area contributed by atoms with Crippen LogP contribution in [0.25, 0.3) is 10.9 Å². The number of anilines is 1. The van der Waals surface area contributed by atoms with E-state index in [2.05, 4.69) is 25.8 Å². The molecule has 132 valence electrons. The third-order valence-corrected chi connectivity index (χ3v) is 4.93. The predicted octanol–water partition coefficient (Wildman–Crippen LogP) is 2.88. The molecule has 0 radical (unpaired) electrons. The number of fused-ring (bicyclic) bond motifs is 1. The van der Waals surface area contributed by atoms with Crippen molar-refractivity contribution < 1.29 is 14.3 Å². The number of hydrogen-bond acceptors (Lipinski definition) is 5. The Morgan fingerprint density at radius 2 is 2.24 bits per heavy atom. The molecule has 0 bridgehead atoms. The fraction of sp³-hybridized carbons (Fsp3) is 0.389. The van der Waals surface area contributed by atoms with Crippen LogP contribution < -0.4 is 10.6 Å². The van der Waals surface area contributed by atoms with E-state index in [-0.39, 0.29) is 11.8 Å². The summed E-state index contributed by atoms with van der Waals surface area (Å²) in [5.74, 6) is -0.936. The van der Waals surface area contributed by atoms with Crippen molar-refractivity contribution in [3.63, 3.8) is 0 Å². The molecule has 6 nitrogen and oxygen atoms in total. The largest absolute Gasteiger partial charge is 0.462 e. The van der Waals surface area contributed by atoms with E-state index in [9.17, 15) is 9.59 Å². The number of piperidine rings is 1. The van der Waals surface area contributed by atoms with Gasteiger partial charge in [0, 0.05) is 29.1 Å². The topological polar surface area (TPSA) is 85.5 Å². The van der Waals surface area contributed by atoms with Crippen LogP contribution >= 0.6 is 15.9 Å². The number of ether oxygens (including phenoxy) is 1. The van der Waals surface area contributed by atoms with Gasteiger partial charge in [0.25, 0.3) is 0 Å². The number of aromatic nitrogens is 1. The van der Waals surface area contributed by atoms with Gasteiger partial charge in [0.1, 0.15) is 5.56 Å². The van der Waals surface area contributed by atoms with E-state index >= 15 is 0 Å². The van der Waals surface area contributed by atoms with Crippen molar-refractivity contribution in [3.8, 4) is 0 Å². The van der Waals surface area contributed by atoms with Gasteiger partial charge in [-0.3, -0.25) is 9.78 Å². The van der Waals surface area contributed by atoms with Gasteiger partial charge < -0.3 is 15.4 Å². The normalized spacial score (nSPS) is 17.5. The molecular weight excluding hydrogens is 386 g/mol. The Balaban J connectivity index is 2.14. The molecule has 1 aromatic carbocycles. The maximum atomic E-state index is 12.5. The Hall–Kier alpha value is -2.15. The maximum absolute atomic E-state index is 12.5. The quantitative estimate of drug-likeness (QED) is 0.790. The van der Waals surface area contributed by atoms with E-state index in [1.807, 2.05) is 18.2 Å². The predicted molar refractivity (Wildman–Crippen MR) is 99.5 cm³/mol. The molecule has 1 aliphatic rings. The van der Waals surface area contributed by atoms with Crippen molar-refractivity contribution in [2.75, 3.05) is 24.6 Å². The zero-order chi connectivity index (χ0) is 18.0. The van der Waals surface area contributed by atoms with Gasteiger partial charge in [-0.25, -0.2) is 4.79 Å². The first-order valence-corrected chi connectivity index (χ1v) is 9.10. The summed E-state index contributed by atoms with van der Waals surface area (Å²) in [5.41, 5.74) is 7.47. The highest BCUT2D eigenvalue weighted by atomic mass is 79.9. The highest BCUT2D eigenvalue weighted by Gasteiger charge is 2.28. The number of hydrogen-bond donors (Lipinski definition) is 1. The van der Waals surface area contributed by atoms with Crippen molar-refractivity contribution in [1.82, 2.24) is 4.98 Å². The monoisotopic (exact) mass is 405 g/mol. The Bertz CT molecular complexity index is 825. The number of nitrogens with zero attached hydrogens (tertiary/aromatic N) is 2. The Morgan fingerprint density at radius 1 is 1.44 bits per heavy atom. The molecule has 25 heavy (non-hydrogen) atoms. The summed E-state index contributed by atoms with van der Waals surface area (Å²) in [7, 11) is 0. The first-order valence-electron chi connectivity index (χ1n) is 8.31. The molecule has 2 heterocycles. The molecule has 3 rings (SSSR count). The smallest absolute Gasteiger partial charge is 0.341 e. The van der Waals surface area contributed by atoms with Gasteiger partial charge in [-0.2, -0.15) is 0 Å². The molecule has 0 saturated carbocycles. The highest BCUT2D eigenvalue weighted by molar-refractivity contribution is 9.10. The Labute approximate surface area is 154 Å². The molecule has 1 aliphatic heterocycles. The number of esters is 1. The maximum Gasteiger partial charge on any atom is 0.341 e. The Morgan fingerprint density at radius 3 is 2.96 bits per heavy atom. The number of carbonyl (C=O) groups excluding carboxylic acids is 2. The lowest BCUT2D eigenvalue weighted by Crippen LogP contribution is -2.41. The minimum atomic E-state index is -0.409. The van der Waals surface area contributed by atoms with E-state index in [0.29, 0.717) is 18.7 Å². The Kier molecular flexibility index (Phi) is 5.22. The fourth-order valence-electron chi connectivity index (χ4n) is 3.26. The molecule has 7 heteroatoms. The van der Waals surface area contributed by atoms with Crippen molar-refractivity contribution in [3.05, 3.63) is 34.4 Å². The fourth-order valence-corrected chi connectivity index (χ4v) is 3.62. The zero-order valence-corrected chi connectivity index (χ0v) is 15.6. The molecule has 2 N–H and O–H groups in total. The number of halogens is 1. The van der Waals surface area contributed by atoms with E-state index in [1.54, 1.807) is 13.1 Å². The van der Waals surface area contributed by atoms with Gasteiger partial charge in [0.2, 0.25) is 5.91 Å². The van der Waals surface area contributed by atoms with Gasteiger partial charge in [-0.1, -0.05) is 15.9 Å². The van der Waals surface area contributed by atoms with Crippen LogP contribution in [0.4, 0.5) is 5.69 Å². The lowest BCUT2D eigenvalue weighted by atomic mass is 9.95.